The van der Waals surface area contributed by atoms with E-state index >= 15 is 8.78 Å². The summed E-state index contributed by atoms with van der Waals surface area (Å²) in [7, 11) is 0. The highest BCUT2D eigenvalue weighted by molar-refractivity contribution is 5.71. The van der Waals surface area contributed by atoms with E-state index in [0.29, 0.717) is 18.8 Å². The number of ether oxygens (including phenoxy) is 1. The number of halogens is 6. The van der Waals surface area contributed by atoms with Crippen molar-refractivity contribution < 1.29 is 31.1 Å². The highest BCUT2D eigenvalue weighted by atomic mass is 19.2. The van der Waals surface area contributed by atoms with Crippen LogP contribution >= 0.6 is 0 Å². The molecule has 0 radical (unpaired) electrons. The van der Waals surface area contributed by atoms with Crippen molar-refractivity contribution in [1.82, 2.24) is 0 Å². The average Bonchev–Trinajstić information content (AvgIpc) is 2.85. The standard InChI is InChI=1S/C27H24F6O/c1-3-15-8-10-16(11-9-15)22-26(33)23(30)14(2)24(31)27(22)34-21-7-5-4-6-18(21)17-12-19(28)25(32)20(29)13-17/h4-7,12-13,15-16H,3,8-11H2,1-2H3/t15-,16-. The van der Waals surface area contributed by atoms with Crippen molar-refractivity contribution in [2.75, 3.05) is 0 Å². The predicted molar refractivity (Wildman–Crippen MR) is 118 cm³/mol. The monoisotopic (exact) mass is 478 g/mol. The van der Waals surface area contributed by atoms with Gasteiger partial charge in [0.1, 0.15) is 5.75 Å². The Morgan fingerprint density at radius 3 is 2.03 bits per heavy atom. The summed E-state index contributed by atoms with van der Waals surface area (Å²) in [5, 5.41) is 0. The molecule has 4 rings (SSSR count). The second kappa shape index (κ2) is 9.72. The molecule has 1 fully saturated rings. The summed E-state index contributed by atoms with van der Waals surface area (Å²) in [6.07, 6.45) is 3.71. The molecule has 3 aromatic rings. The normalized spacial score (nSPS) is 18.2. The van der Waals surface area contributed by atoms with Crippen LogP contribution in [-0.2, 0) is 0 Å². The van der Waals surface area contributed by atoms with Gasteiger partial charge in [0.25, 0.3) is 0 Å². The molecule has 1 nitrogen and oxygen atoms in total. The lowest BCUT2D eigenvalue weighted by Crippen LogP contribution is -2.16. The van der Waals surface area contributed by atoms with E-state index < -0.39 is 52.1 Å². The first-order valence-corrected chi connectivity index (χ1v) is 11.3. The predicted octanol–water partition coefficient (Wildman–Crippen LogP) is 8.97. The van der Waals surface area contributed by atoms with Crippen LogP contribution in [0.2, 0.25) is 0 Å². The largest absolute Gasteiger partial charge is 0.453 e. The highest BCUT2D eigenvalue weighted by Gasteiger charge is 2.32. The van der Waals surface area contributed by atoms with Crippen LogP contribution in [-0.4, -0.2) is 0 Å². The summed E-state index contributed by atoms with van der Waals surface area (Å²) in [4.78, 5) is 0. The lowest BCUT2D eigenvalue weighted by Gasteiger charge is -2.30. The van der Waals surface area contributed by atoms with Gasteiger partial charge < -0.3 is 4.74 Å². The summed E-state index contributed by atoms with van der Waals surface area (Å²) in [5.41, 5.74) is -0.587. The van der Waals surface area contributed by atoms with E-state index in [1.54, 1.807) is 12.1 Å². The van der Waals surface area contributed by atoms with E-state index in [1.807, 2.05) is 0 Å². The van der Waals surface area contributed by atoms with Crippen LogP contribution in [0, 0.1) is 47.7 Å². The molecule has 0 aromatic heterocycles. The van der Waals surface area contributed by atoms with Gasteiger partial charge in [0.2, 0.25) is 0 Å². The van der Waals surface area contributed by atoms with Crippen LogP contribution < -0.4 is 4.74 Å². The Bertz CT molecular complexity index is 1190. The second-order valence-corrected chi connectivity index (χ2v) is 8.79. The molecular weight excluding hydrogens is 454 g/mol. The third-order valence-electron chi connectivity index (χ3n) is 6.76. The Balaban J connectivity index is 1.82. The molecule has 0 bridgehead atoms. The zero-order chi connectivity index (χ0) is 24.6. The van der Waals surface area contributed by atoms with Gasteiger partial charge in [-0.25, -0.2) is 26.3 Å². The van der Waals surface area contributed by atoms with Gasteiger partial charge in [-0.2, -0.15) is 0 Å². The van der Waals surface area contributed by atoms with E-state index in [0.717, 1.165) is 38.3 Å². The van der Waals surface area contributed by atoms with Crippen LogP contribution in [0.15, 0.2) is 36.4 Å². The van der Waals surface area contributed by atoms with Crippen LogP contribution in [0.5, 0.6) is 11.5 Å². The third kappa shape index (κ3) is 4.40. The highest BCUT2D eigenvalue weighted by Crippen LogP contribution is 2.46. The SMILES string of the molecule is CC[C@H]1CC[C@H](c2c(F)c(F)c(C)c(F)c2Oc2ccccc2-c2cc(F)c(F)c(F)c2)CC1. The molecule has 34 heavy (non-hydrogen) atoms. The number of rotatable bonds is 5. The topological polar surface area (TPSA) is 9.23 Å². The number of hydrogen-bond acceptors (Lipinski definition) is 1. The van der Waals surface area contributed by atoms with Crippen molar-refractivity contribution in [2.24, 2.45) is 5.92 Å². The van der Waals surface area contributed by atoms with Crippen LogP contribution in [0.25, 0.3) is 11.1 Å². The summed E-state index contributed by atoms with van der Waals surface area (Å²) in [6.45, 7) is 3.19. The van der Waals surface area contributed by atoms with Crippen molar-refractivity contribution in [2.45, 2.75) is 51.9 Å². The quantitative estimate of drug-likeness (QED) is 0.202. The molecule has 0 saturated heterocycles. The van der Waals surface area contributed by atoms with Gasteiger partial charge in [-0.1, -0.05) is 31.5 Å². The van der Waals surface area contributed by atoms with Crippen molar-refractivity contribution in [3.8, 4) is 22.6 Å². The van der Waals surface area contributed by atoms with Gasteiger partial charge in [0, 0.05) is 16.7 Å². The fraction of sp³-hybridized carbons (Fsp3) is 0.333. The molecule has 0 heterocycles. The van der Waals surface area contributed by atoms with Gasteiger partial charge in [-0.3, -0.25) is 0 Å². The minimum atomic E-state index is -1.62. The molecule has 0 amide bonds. The van der Waals surface area contributed by atoms with Crippen molar-refractivity contribution in [3.05, 3.63) is 82.4 Å². The van der Waals surface area contributed by atoms with Gasteiger partial charge >= 0.3 is 0 Å². The van der Waals surface area contributed by atoms with Crippen LogP contribution in [0.3, 0.4) is 0 Å². The van der Waals surface area contributed by atoms with Crippen molar-refractivity contribution >= 4 is 0 Å². The van der Waals surface area contributed by atoms with Crippen molar-refractivity contribution in [3.63, 3.8) is 0 Å². The third-order valence-corrected chi connectivity index (χ3v) is 6.76. The Morgan fingerprint density at radius 1 is 0.794 bits per heavy atom. The maximum Gasteiger partial charge on any atom is 0.194 e. The molecule has 0 aliphatic heterocycles. The first kappa shape index (κ1) is 24.2. The van der Waals surface area contributed by atoms with Crippen LogP contribution in [0.1, 0.15) is 56.1 Å². The first-order chi connectivity index (χ1) is 16.2. The molecule has 180 valence electrons. The van der Waals surface area contributed by atoms with Gasteiger partial charge in [-0.05, 0) is 68.2 Å². The molecule has 0 atom stereocenters. The molecule has 0 N–H and O–H groups in total. The van der Waals surface area contributed by atoms with Gasteiger partial charge in [0.05, 0.1) is 0 Å². The Labute approximate surface area is 194 Å². The van der Waals surface area contributed by atoms with E-state index in [4.69, 9.17) is 4.74 Å². The second-order valence-electron chi connectivity index (χ2n) is 8.79. The summed E-state index contributed by atoms with van der Waals surface area (Å²) in [5.74, 6) is -8.26. The molecule has 0 unspecified atom stereocenters. The maximum atomic E-state index is 15.3. The lowest BCUT2D eigenvalue weighted by atomic mass is 9.77. The smallest absolute Gasteiger partial charge is 0.194 e. The molecule has 3 aromatic carbocycles. The minimum Gasteiger partial charge on any atom is -0.453 e. The van der Waals surface area contributed by atoms with Crippen molar-refractivity contribution in [1.29, 1.82) is 0 Å². The maximum absolute atomic E-state index is 15.3. The zero-order valence-corrected chi connectivity index (χ0v) is 18.8. The molecular formula is C27H24F6O. The molecule has 0 spiro atoms. The molecule has 1 saturated carbocycles. The molecule has 1 aliphatic carbocycles. The Kier molecular flexibility index (Phi) is 6.91. The average molecular weight is 478 g/mol. The van der Waals surface area contributed by atoms with E-state index in [9.17, 15) is 17.6 Å². The number of para-hydroxylation sites is 1. The fourth-order valence-electron chi connectivity index (χ4n) is 4.71. The molecule has 1 aliphatic rings. The number of hydrogen-bond donors (Lipinski definition) is 0. The number of benzene rings is 3. The lowest BCUT2D eigenvalue weighted by molar-refractivity contribution is 0.303. The summed E-state index contributed by atoms with van der Waals surface area (Å²) in [6, 6.07) is 7.56. The van der Waals surface area contributed by atoms with E-state index in [2.05, 4.69) is 6.92 Å². The zero-order valence-electron chi connectivity index (χ0n) is 18.8. The Morgan fingerprint density at radius 2 is 1.41 bits per heavy atom. The molecule has 7 heteroatoms. The summed E-state index contributed by atoms with van der Waals surface area (Å²) >= 11 is 0. The fourth-order valence-corrected chi connectivity index (χ4v) is 4.71. The van der Waals surface area contributed by atoms with Gasteiger partial charge in [0.15, 0.2) is 40.7 Å². The first-order valence-electron chi connectivity index (χ1n) is 11.3. The minimum absolute atomic E-state index is 0.0271. The van der Waals surface area contributed by atoms with E-state index in [-0.39, 0.29) is 22.4 Å². The Hall–Kier alpha value is -2.96. The van der Waals surface area contributed by atoms with E-state index in [1.165, 1.54) is 12.1 Å². The van der Waals surface area contributed by atoms with Crippen LogP contribution in [0.4, 0.5) is 26.3 Å². The van der Waals surface area contributed by atoms with Gasteiger partial charge in [-0.15, -0.1) is 0 Å². The summed E-state index contributed by atoms with van der Waals surface area (Å²) < 4.78 is 92.0.